The summed E-state index contributed by atoms with van der Waals surface area (Å²) < 4.78 is 0. The first-order valence-electron chi connectivity index (χ1n) is 10.2. The van der Waals surface area contributed by atoms with Crippen molar-refractivity contribution in [1.82, 2.24) is 20.4 Å². The zero-order valence-electron chi connectivity index (χ0n) is 16.3. The van der Waals surface area contributed by atoms with Gasteiger partial charge in [-0.3, -0.25) is 9.69 Å². The van der Waals surface area contributed by atoms with Crippen molar-refractivity contribution in [2.24, 2.45) is 0 Å². The number of nitrogens with one attached hydrogen (secondary N) is 1. The maximum atomic E-state index is 12.8. The van der Waals surface area contributed by atoms with Gasteiger partial charge in [0.25, 0.3) is 5.91 Å². The Hall–Kier alpha value is -2.21. The molecule has 27 heavy (non-hydrogen) atoms. The number of piperazine rings is 1. The zero-order chi connectivity index (χ0) is 18.8. The molecule has 1 saturated heterocycles. The zero-order valence-corrected chi connectivity index (χ0v) is 16.3. The Morgan fingerprint density at radius 2 is 1.70 bits per heavy atom. The molecule has 0 radical (unpaired) electrons. The van der Waals surface area contributed by atoms with E-state index in [4.69, 9.17) is 0 Å². The Morgan fingerprint density at radius 1 is 1.04 bits per heavy atom. The lowest BCUT2D eigenvalue weighted by molar-refractivity contribution is 0.0933. The fraction of sp³-hybridized carbons (Fsp3) is 0.571. The molecule has 2 aromatic rings. The molecule has 6 heteroatoms. The number of hydrogen-bond acceptors (Lipinski definition) is 5. The summed E-state index contributed by atoms with van der Waals surface area (Å²) in [6.45, 7) is 8.40. The largest absolute Gasteiger partial charge is 0.352 e. The fourth-order valence-corrected chi connectivity index (χ4v) is 4.27. The van der Waals surface area contributed by atoms with E-state index in [0.29, 0.717) is 11.7 Å². The van der Waals surface area contributed by atoms with E-state index in [1.807, 2.05) is 18.2 Å². The second kappa shape index (κ2) is 7.80. The normalized spacial score (nSPS) is 19.1. The van der Waals surface area contributed by atoms with E-state index in [9.17, 15) is 4.79 Å². The van der Waals surface area contributed by atoms with Crippen molar-refractivity contribution in [3.63, 3.8) is 0 Å². The smallest absolute Gasteiger partial charge is 0.272 e. The Morgan fingerprint density at radius 3 is 2.37 bits per heavy atom. The molecule has 6 nitrogen and oxygen atoms in total. The highest BCUT2D eigenvalue weighted by molar-refractivity contribution is 6.07. The summed E-state index contributed by atoms with van der Waals surface area (Å²) in [6.07, 6.45) is 4.52. The second-order valence-electron chi connectivity index (χ2n) is 7.99. The first-order chi connectivity index (χ1) is 13.1. The van der Waals surface area contributed by atoms with Crippen LogP contribution in [0.25, 0.3) is 10.8 Å². The molecule has 2 heterocycles. The molecule has 4 rings (SSSR count). The number of carbonyl (C=O) groups excluding carboxylic acids is 1. The first kappa shape index (κ1) is 18.2. The van der Waals surface area contributed by atoms with Crippen LogP contribution in [0.4, 0.5) is 5.82 Å². The number of rotatable bonds is 4. The van der Waals surface area contributed by atoms with Crippen molar-refractivity contribution in [1.29, 1.82) is 0 Å². The number of aromatic nitrogens is 2. The van der Waals surface area contributed by atoms with E-state index in [2.05, 4.69) is 45.2 Å². The highest BCUT2D eigenvalue weighted by atomic mass is 16.2. The van der Waals surface area contributed by atoms with Gasteiger partial charge in [0, 0.05) is 49.0 Å². The molecule has 1 aliphatic heterocycles. The summed E-state index contributed by atoms with van der Waals surface area (Å²) in [6, 6.07) is 8.87. The molecule has 1 N–H and O–H groups in total. The molecule has 2 aliphatic rings. The van der Waals surface area contributed by atoms with Crippen LogP contribution in [0.5, 0.6) is 0 Å². The van der Waals surface area contributed by atoms with Crippen LogP contribution in [0.1, 0.15) is 50.0 Å². The highest BCUT2D eigenvalue weighted by Gasteiger charge is 2.25. The van der Waals surface area contributed by atoms with Crippen LogP contribution in [0.15, 0.2) is 24.3 Å². The van der Waals surface area contributed by atoms with Gasteiger partial charge in [0.15, 0.2) is 11.5 Å². The lowest BCUT2D eigenvalue weighted by Crippen LogP contribution is -2.49. The van der Waals surface area contributed by atoms with Crippen molar-refractivity contribution in [2.45, 2.75) is 51.6 Å². The minimum atomic E-state index is -0.0956. The van der Waals surface area contributed by atoms with E-state index >= 15 is 0 Å². The van der Waals surface area contributed by atoms with Gasteiger partial charge in [-0.2, -0.15) is 0 Å². The molecule has 1 aromatic carbocycles. The standard InChI is InChI=1S/C21H29N5O/c1-15(2)25-11-13-26(14-12-25)20-18-10-6-5-9-17(18)19(23-24-20)21(27)22-16-7-3-4-8-16/h5-6,9-10,15-16H,3-4,7-8,11-14H2,1-2H3,(H,22,27). The predicted molar refractivity (Wildman–Crippen MR) is 108 cm³/mol. The number of carbonyl (C=O) groups is 1. The summed E-state index contributed by atoms with van der Waals surface area (Å²) in [7, 11) is 0. The molecular weight excluding hydrogens is 338 g/mol. The number of fused-ring (bicyclic) bond motifs is 1. The van der Waals surface area contributed by atoms with Crippen LogP contribution in [0.2, 0.25) is 0 Å². The number of benzene rings is 1. The molecule has 1 saturated carbocycles. The minimum Gasteiger partial charge on any atom is -0.352 e. The summed E-state index contributed by atoms with van der Waals surface area (Å²) in [5.41, 5.74) is 0.446. The van der Waals surface area contributed by atoms with Gasteiger partial charge in [-0.15, -0.1) is 10.2 Å². The van der Waals surface area contributed by atoms with Crippen LogP contribution in [-0.2, 0) is 0 Å². The van der Waals surface area contributed by atoms with Gasteiger partial charge in [-0.1, -0.05) is 37.1 Å². The number of nitrogens with zero attached hydrogens (tertiary/aromatic N) is 4. The molecule has 0 atom stereocenters. The maximum Gasteiger partial charge on any atom is 0.272 e. The third kappa shape index (κ3) is 3.76. The van der Waals surface area contributed by atoms with Gasteiger partial charge in [0.1, 0.15) is 0 Å². The van der Waals surface area contributed by atoms with E-state index in [1.165, 1.54) is 12.8 Å². The van der Waals surface area contributed by atoms with Crippen LogP contribution >= 0.6 is 0 Å². The fourth-order valence-electron chi connectivity index (χ4n) is 4.27. The molecule has 1 aliphatic carbocycles. The summed E-state index contributed by atoms with van der Waals surface area (Å²) in [4.78, 5) is 17.6. The van der Waals surface area contributed by atoms with Crippen LogP contribution in [0, 0.1) is 0 Å². The van der Waals surface area contributed by atoms with Crippen molar-refractivity contribution in [3.05, 3.63) is 30.0 Å². The van der Waals surface area contributed by atoms with E-state index in [-0.39, 0.29) is 11.9 Å². The van der Waals surface area contributed by atoms with Gasteiger partial charge >= 0.3 is 0 Å². The number of anilines is 1. The van der Waals surface area contributed by atoms with Gasteiger partial charge in [0.05, 0.1) is 0 Å². The van der Waals surface area contributed by atoms with Gasteiger partial charge in [-0.25, -0.2) is 0 Å². The maximum absolute atomic E-state index is 12.8. The average Bonchev–Trinajstić information content (AvgIpc) is 3.20. The quantitative estimate of drug-likeness (QED) is 0.900. The molecule has 144 valence electrons. The van der Waals surface area contributed by atoms with Gasteiger partial charge in [0.2, 0.25) is 0 Å². The van der Waals surface area contributed by atoms with Crippen molar-refractivity contribution in [3.8, 4) is 0 Å². The first-order valence-corrected chi connectivity index (χ1v) is 10.2. The summed E-state index contributed by atoms with van der Waals surface area (Å²) >= 11 is 0. The van der Waals surface area contributed by atoms with Gasteiger partial charge in [-0.05, 0) is 26.7 Å². The molecular formula is C21H29N5O. The molecule has 1 amide bonds. The minimum absolute atomic E-state index is 0.0956. The highest BCUT2D eigenvalue weighted by Crippen LogP contribution is 2.27. The average molecular weight is 367 g/mol. The monoisotopic (exact) mass is 367 g/mol. The Balaban J connectivity index is 1.60. The second-order valence-corrected chi connectivity index (χ2v) is 7.99. The Kier molecular flexibility index (Phi) is 5.25. The number of amides is 1. The van der Waals surface area contributed by atoms with Gasteiger partial charge < -0.3 is 10.2 Å². The summed E-state index contributed by atoms with van der Waals surface area (Å²) in [5.74, 6) is 0.799. The topological polar surface area (TPSA) is 61.4 Å². The third-order valence-corrected chi connectivity index (χ3v) is 5.92. The lowest BCUT2D eigenvalue weighted by Gasteiger charge is -2.37. The molecule has 0 spiro atoms. The predicted octanol–water partition coefficient (Wildman–Crippen LogP) is 2.83. The van der Waals surface area contributed by atoms with Crippen molar-refractivity contribution >= 4 is 22.5 Å². The Labute approximate surface area is 160 Å². The van der Waals surface area contributed by atoms with Crippen molar-refractivity contribution < 1.29 is 4.79 Å². The van der Waals surface area contributed by atoms with E-state index in [0.717, 1.165) is 55.6 Å². The summed E-state index contributed by atoms with van der Waals surface area (Å²) in [5, 5.41) is 13.9. The lowest BCUT2D eigenvalue weighted by atomic mass is 10.1. The van der Waals surface area contributed by atoms with Crippen LogP contribution in [0.3, 0.4) is 0 Å². The van der Waals surface area contributed by atoms with E-state index < -0.39 is 0 Å². The molecule has 0 unspecified atom stereocenters. The van der Waals surface area contributed by atoms with E-state index in [1.54, 1.807) is 0 Å². The number of hydrogen-bond donors (Lipinski definition) is 1. The Bertz CT molecular complexity index is 807. The SMILES string of the molecule is CC(C)N1CCN(c2nnc(C(=O)NC3CCCC3)c3ccccc23)CC1. The van der Waals surface area contributed by atoms with Crippen LogP contribution in [-0.4, -0.2) is 59.3 Å². The third-order valence-electron chi connectivity index (χ3n) is 5.92. The molecule has 1 aromatic heterocycles. The van der Waals surface area contributed by atoms with Crippen LogP contribution < -0.4 is 10.2 Å². The molecule has 2 fully saturated rings. The molecule has 0 bridgehead atoms. The van der Waals surface area contributed by atoms with Crippen molar-refractivity contribution in [2.75, 3.05) is 31.1 Å².